The second-order valence-electron chi connectivity index (χ2n) is 3.73. The van der Waals surface area contributed by atoms with Gasteiger partial charge < -0.3 is 15.6 Å². The normalized spacial score (nSPS) is 10.3. The molecule has 0 spiro atoms. The van der Waals surface area contributed by atoms with E-state index in [2.05, 4.69) is 10.3 Å². The molecule has 7 heteroatoms. The van der Waals surface area contributed by atoms with E-state index in [1.807, 2.05) is 0 Å². The van der Waals surface area contributed by atoms with Gasteiger partial charge in [0.05, 0.1) is 6.20 Å². The van der Waals surface area contributed by atoms with Crippen LogP contribution in [0.25, 0.3) is 0 Å². The topological polar surface area (TPSA) is 103 Å². The molecular weight excluding hydrogens is 236 g/mol. The molecule has 0 aliphatic rings. The molecule has 0 unspecified atom stereocenters. The molecule has 1 heterocycles. The van der Waals surface area contributed by atoms with Crippen molar-refractivity contribution in [2.45, 2.75) is 6.61 Å². The van der Waals surface area contributed by atoms with Gasteiger partial charge in [0.25, 0.3) is 0 Å². The summed E-state index contributed by atoms with van der Waals surface area (Å²) in [4.78, 5) is 11.0. The number of ether oxygens (including phenoxy) is 1. The first-order chi connectivity index (χ1) is 8.56. The Balaban J connectivity index is 2.16. The summed E-state index contributed by atoms with van der Waals surface area (Å²) in [7, 11) is 1.74. The van der Waals surface area contributed by atoms with Crippen molar-refractivity contribution in [2.75, 3.05) is 5.73 Å². The summed E-state index contributed by atoms with van der Waals surface area (Å²) >= 11 is 0. The van der Waals surface area contributed by atoms with Crippen LogP contribution in [0.5, 0.6) is 5.75 Å². The average Bonchev–Trinajstić information content (AvgIpc) is 2.73. The molecule has 0 bridgehead atoms. The van der Waals surface area contributed by atoms with Crippen molar-refractivity contribution in [2.24, 2.45) is 7.05 Å². The van der Waals surface area contributed by atoms with Crippen molar-refractivity contribution in [3.05, 3.63) is 35.7 Å². The molecule has 94 valence electrons. The van der Waals surface area contributed by atoms with E-state index in [1.54, 1.807) is 24.0 Å². The van der Waals surface area contributed by atoms with Crippen molar-refractivity contribution in [3.8, 4) is 5.75 Å². The molecule has 0 radical (unpaired) electrons. The summed E-state index contributed by atoms with van der Waals surface area (Å²) < 4.78 is 6.94. The maximum atomic E-state index is 11.0. The Hall–Kier alpha value is -2.57. The first-order valence-corrected chi connectivity index (χ1v) is 5.17. The van der Waals surface area contributed by atoms with Crippen LogP contribution < -0.4 is 10.5 Å². The number of carbonyl (C=O) groups is 1. The fourth-order valence-corrected chi connectivity index (χ4v) is 1.45. The highest BCUT2D eigenvalue weighted by Crippen LogP contribution is 2.22. The Morgan fingerprint density at radius 2 is 2.33 bits per heavy atom. The zero-order valence-electron chi connectivity index (χ0n) is 9.70. The lowest BCUT2D eigenvalue weighted by Crippen LogP contribution is -2.04. The van der Waals surface area contributed by atoms with Crippen molar-refractivity contribution in [3.63, 3.8) is 0 Å². The molecular formula is C11H12N4O3. The van der Waals surface area contributed by atoms with Gasteiger partial charge in [-0.15, -0.1) is 5.10 Å². The number of nitrogen functional groups attached to an aromatic ring is 1. The minimum Gasteiger partial charge on any atom is -0.486 e. The number of hydrogen-bond donors (Lipinski definition) is 2. The van der Waals surface area contributed by atoms with Gasteiger partial charge in [0.15, 0.2) is 0 Å². The summed E-state index contributed by atoms with van der Waals surface area (Å²) in [5, 5.41) is 16.6. The second-order valence-corrected chi connectivity index (χ2v) is 3.73. The van der Waals surface area contributed by atoms with E-state index in [0.29, 0.717) is 11.4 Å². The molecule has 0 atom stereocenters. The molecule has 0 saturated carbocycles. The third-order valence-electron chi connectivity index (χ3n) is 2.26. The van der Waals surface area contributed by atoms with E-state index in [1.165, 1.54) is 12.1 Å². The van der Waals surface area contributed by atoms with Crippen LogP contribution in [-0.2, 0) is 13.7 Å². The molecule has 0 aliphatic heterocycles. The summed E-state index contributed by atoms with van der Waals surface area (Å²) in [6, 6.07) is 4.46. The number of rotatable bonds is 4. The molecule has 3 N–H and O–H groups in total. The number of aromatic nitrogens is 3. The number of hydrogen-bond acceptors (Lipinski definition) is 5. The van der Waals surface area contributed by atoms with Crippen molar-refractivity contribution in [1.82, 2.24) is 15.0 Å². The van der Waals surface area contributed by atoms with Crippen molar-refractivity contribution < 1.29 is 14.6 Å². The maximum absolute atomic E-state index is 11.0. The zero-order valence-corrected chi connectivity index (χ0v) is 9.70. The van der Waals surface area contributed by atoms with E-state index in [4.69, 9.17) is 15.6 Å². The number of carboxylic acids is 1. The summed E-state index contributed by atoms with van der Waals surface area (Å²) in [5.41, 5.74) is 6.55. The number of nitrogens with two attached hydrogens (primary N) is 1. The van der Waals surface area contributed by atoms with Gasteiger partial charge in [0.1, 0.15) is 23.6 Å². The molecule has 2 rings (SSSR count). The third-order valence-corrected chi connectivity index (χ3v) is 2.26. The van der Waals surface area contributed by atoms with Gasteiger partial charge >= 0.3 is 5.97 Å². The predicted octanol–water partition coefficient (Wildman–Crippen LogP) is 0.674. The minimum absolute atomic E-state index is 0.0268. The summed E-state index contributed by atoms with van der Waals surface area (Å²) in [5.74, 6) is -0.834. The quantitative estimate of drug-likeness (QED) is 0.771. The van der Waals surface area contributed by atoms with Crippen molar-refractivity contribution >= 4 is 11.7 Å². The smallest absolute Gasteiger partial charge is 0.339 e. The van der Waals surface area contributed by atoms with Gasteiger partial charge in [-0.05, 0) is 18.2 Å². The molecule has 1 aromatic carbocycles. The molecule has 0 aliphatic carbocycles. The summed E-state index contributed by atoms with van der Waals surface area (Å²) in [6.45, 7) is 0.151. The fourth-order valence-electron chi connectivity index (χ4n) is 1.45. The van der Waals surface area contributed by atoms with E-state index >= 15 is 0 Å². The zero-order chi connectivity index (χ0) is 13.1. The molecule has 18 heavy (non-hydrogen) atoms. The number of benzene rings is 1. The van der Waals surface area contributed by atoms with Crippen LogP contribution in [0.15, 0.2) is 24.4 Å². The fraction of sp³-hybridized carbons (Fsp3) is 0.182. The number of aromatic carboxylic acids is 1. The number of nitrogens with zero attached hydrogens (tertiary/aromatic N) is 3. The van der Waals surface area contributed by atoms with Crippen LogP contribution in [-0.4, -0.2) is 26.1 Å². The lowest BCUT2D eigenvalue weighted by atomic mass is 10.2. The summed E-state index contributed by atoms with van der Waals surface area (Å²) in [6.07, 6.45) is 1.69. The lowest BCUT2D eigenvalue weighted by Gasteiger charge is -2.08. The number of carboxylic acid groups (broad SMARTS) is 1. The van der Waals surface area contributed by atoms with Crippen molar-refractivity contribution in [1.29, 1.82) is 0 Å². The van der Waals surface area contributed by atoms with E-state index < -0.39 is 5.97 Å². The van der Waals surface area contributed by atoms with Gasteiger partial charge in [0.2, 0.25) is 0 Å². The monoisotopic (exact) mass is 248 g/mol. The Labute approximate surface area is 103 Å². The highest BCUT2D eigenvalue weighted by Gasteiger charge is 2.12. The van der Waals surface area contributed by atoms with Gasteiger partial charge in [-0.2, -0.15) is 0 Å². The molecule has 0 saturated heterocycles. The Bertz CT molecular complexity index is 579. The molecule has 7 nitrogen and oxygen atoms in total. The first kappa shape index (κ1) is 11.9. The SMILES string of the molecule is Cn1cc(COc2ccc(N)cc2C(=O)O)nn1. The lowest BCUT2D eigenvalue weighted by molar-refractivity contribution is 0.0691. The number of anilines is 1. The van der Waals surface area contributed by atoms with Gasteiger partial charge in [0, 0.05) is 12.7 Å². The van der Waals surface area contributed by atoms with Crippen LogP contribution in [0.2, 0.25) is 0 Å². The van der Waals surface area contributed by atoms with Crippen LogP contribution in [0.1, 0.15) is 16.1 Å². The van der Waals surface area contributed by atoms with E-state index in [9.17, 15) is 4.79 Å². The van der Waals surface area contributed by atoms with E-state index in [-0.39, 0.29) is 17.9 Å². The Morgan fingerprint density at radius 1 is 1.56 bits per heavy atom. The Morgan fingerprint density at radius 3 is 2.94 bits per heavy atom. The average molecular weight is 248 g/mol. The second kappa shape index (κ2) is 4.74. The minimum atomic E-state index is -1.09. The number of aryl methyl sites for hydroxylation is 1. The van der Waals surface area contributed by atoms with Crippen LogP contribution in [0.4, 0.5) is 5.69 Å². The maximum Gasteiger partial charge on any atom is 0.339 e. The van der Waals surface area contributed by atoms with Crippen LogP contribution in [0.3, 0.4) is 0 Å². The standard InChI is InChI=1S/C11H12N4O3/c1-15-5-8(13-14-15)6-18-10-3-2-7(12)4-9(10)11(16)17/h2-5H,6,12H2,1H3,(H,16,17). The van der Waals surface area contributed by atoms with E-state index in [0.717, 1.165) is 0 Å². The molecule has 1 aromatic heterocycles. The molecule has 0 fully saturated rings. The predicted molar refractivity (Wildman–Crippen MR) is 63.1 cm³/mol. The highest BCUT2D eigenvalue weighted by molar-refractivity contribution is 5.92. The third kappa shape index (κ3) is 2.57. The highest BCUT2D eigenvalue weighted by atomic mass is 16.5. The van der Waals surface area contributed by atoms with Crippen LogP contribution >= 0.6 is 0 Å². The van der Waals surface area contributed by atoms with Crippen LogP contribution in [0, 0.1) is 0 Å². The molecule has 2 aromatic rings. The largest absolute Gasteiger partial charge is 0.486 e. The molecule has 0 amide bonds. The van der Waals surface area contributed by atoms with Gasteiger partial charge in [-0.25, -0.2) is 4.79 Å². The Kier molecular flexibility index (Phi) is 3.13. The van der Waals surface area contributed by atoms with Gasteiger partial charge in [-0.1, -0.05) is 5.21 Å². The van der Waals surface area contributed by atoms with Gasteiger partial charge in [-0.3, -0.25) is 4.68 Å². The first-order valence-electron chi connectivity index (χ1n) is 5.17.